The van der Waals surface area contributed by atoms with Crippen molar-refractivity contribution >= 4 is 23.9 Å². The summed E-state index contributed by atoms with van der Waals surface area (Å²) in [7, 11) is 1.28. The molecule has 208 valence electrons. The van der Waals surface area contributed by atoms with Crippen molar-refractivity contribution < 1.29 is 47.7 Å². The zero-order chi connectivity index (χ0) is 28.5. The van der Waals surface area contributed by atoms with Gasteiger partial charge in [0, 0.05) is 14.0 Å². The van der Waals surface area contributed by atoms with Crippen LogP contribution in [0.5, 0.6) is 0 Å². The highest BCUT2D eigenvalue weighted by Gasteiger charge is 2.53. The molecule has 5 atom stereocenters. The number of esters is 3. The predicted molar refractivity (Wildman–Crippen MR) is 138 cm³/mol. The number of nitrogens with one attached hydrogen (secondary N) is 1. The molecule has 0 saturated carbocycles. The van der Waals surface area contributed by atoms with Crippen LogP contribution in [0.1, 0.15) is 38.0 Å². The Kier molecular flexibility index (Phi) is 9.57. The summed E-state index contributed by atoms with van der Waals surface area (Å²) in [6.07, 6.45) is -5.68. The maximum absolute atomic E-state index is 13.2. The second-order valence-corrected chi connectivity index (χ2v) is 8.59. The highest BCUT2D eigenvalue weighted by atomic mass is 16.8. The lowest BCUT2D eigenvalue weighted by molar-refractivity contribution is -0.316. The molecular weight excluding hydrogens is 522 g/mol. The van der Waals surface area contributed by atoms with Crippen LogP contribution >= 0.6 is 0 Å². The van der Waals surface area contributed by atoms with Gasteiger partial charge in [-0.15, -0.1) is 5.48 Å². The first-order chi connectivity index (χ1) is 19.4. The van der Waals surface area contributed by atoms with Crippen LogP contribution in [-0.2, 0) is 33.3 Å². The number of methoxy groups -OCH3 is 1. The van der Waals surface area contributed by atoms with Crippen molar-refractivity contribution in [2.24, 2.45) is 0 Å². The van der Waals surface area contributed by atoms with E-state index in [1.165, 1.54) is 43.5 Å². The number of hydrogen-bond acceptors (Lipinski definition) is 11. The summed E-state index contributed by atoms with van der Waals surface area (Å²) in [6, 6.07) is 22.9. The molecule has 3 aromatic carbocycles. The Labute approximate surface area is 229 Å². The van der Waals surface area contributed by atoms with E-state index in [1.54, 1.807) is 54.6 Å². The van der Waals surface area contributed by atoms with Crippen molar-refractivity contribution in [3.63, 3.8) is 0 Å². The summed E-state index contributed by atoms with van der Waals surface area (Å²) in [5, 5.41) is 0. The van der Waals surface area contributed by atoms with Crippen LogP contribution in [0.25, 0.3) is 0 Å². The second kappa shape index (κ2) is 13.5. The van der Waals surface area contributed by atoms with Gasteiger partial charge in [0.1, 0.15) is 6.04 Å². The van der Waals surface area contributed by atoms with Gasteiger partial charge in [-0.05, 0) is 36.4 Å². The van der Waals surface area contributed by atoms with Gasteiger partial charge in [-0.3, -0.25) is 4.79 Å². The molecule has 1 N–H and O–H groups in total. The van der Waals surface area contributed by atoms with Gasteiger partial charge in [-0.25, -0.2) is 14.4 Å². The summed E-state index contributed by atoms with van der Waals surface area (Å²) < 4.78 is 28.4. The lowest BCUT2D eigenvalue weighted by atomic mass is 10.0. The molecule has 1 aliphatic heterocycles. The van der Waals surface area contributed by atoms with Gasteiger partial charge in [0.2, 0.25) is 12.6 Å². The Hall–Kier alpha value is -4.58. The molecule has 11 nitrogen and oxygen atoms in total. The van der Waals surface area contributed by atoms with E-state index in [4.69, 9.17) is 28.5 Å². The third-order valence-electron chi connectivity index (χ3n) is 5.82. The zero-order valence-corrected chi connectivity index (χ0v) is 21.6. The maximum Gasteiger partial charge on any atom is 0.340 e. The minimum absolute atomic E-state index is 0.195. The third kappa shape index (κ3) is 7.08. The first kappa shape index (κ1) is 28.4. The van der Waals surface area contributed by atoms with E-state index in [0.29, 0.717) is 0 Å². The van der Waals surface area contributed by atoms with Crippen molar-refractivity contribution in [3.05, 3.63) is 108 Å². The van der Waals surface area contributed by atoms with Crippen molar-refractivity contribution in [1.29, 1.82) is 0 Å². The Balaban J connectivity index is 1.70. The van der Waals surface area contributed by atoms with E-state index in [2.05, 4.69) is 5.48 Å². The van der Waals surface area contributed by atoms with Crippen molar-refractivity contribution in [1.82, 2.24) is 5.48 Å². The number of hydroxylamine groups is 1. The summed E-state index contributed by atoms with van der Waals surface area (Å²) >= 11 is 0. The molecule has 0 aliphatic carbocycles. The molecule has 0 spiro atoms. The van der Waals surface area contributed by atoms with Crippen LogP contribution in [0.2, 0.25) is 0 Å². The molecule has 0 aromatic heterocycles. The van der Waals surface area contributed by atoms with E-state index in [1.807, 2.05) is 0 Å². The number of hydrogen-bond donors (Lipinski definition) is 1. The fourth-order valence-electron chi connectivity index (χ4n) is 3.92. The van der Waals surface area contributed by atoms with Gasteiger partial charge < -0.3 is 28.5 Å². The molecule has 1 aliphatic rings. The molecule has 40 heavy (non-hydrogen) atoms. The van der Waals surface area contributed by atoms with E-state index < -0.39 is 54.7 Å². The smallest absolute Gasteiger partial charge is 0.340 e. The molecule has 0 amide bonds. The minimum atomic E-state index is -1.52. The largest absolute Gasteiger partial charge is 0.453 e. The van der Waals surface area contributed by atoms with Gasteiger partial charge in [-0.1, -0.05) is 54.6 Å². The quantitative estimate of drug-likeness (QED) is 0.240. The van der Waals surface area contributed by atoms with Gasteiger partial charge in [0.15, 0.2) is 12.2 Å². The third-order valence-corrected chi connectivity index (χ3v) is 5.82. The highest BCUT2D eigenvalue weighted by Crippen LogP contribution is 2.29. The van der Waals surface area contributed by atoms with Crippen LogP contribution < -0.4 is 5.48 Å². The number of carbonyl (C=O) groups is 4. The molecule has 1 fully saturated rings. The summed E-state index contributed by atoms with van der Waals surface area (Å²) in [5.41, 5.74) is 3.07. The summed E-state index contributed by atoms with van der Waals surface area (Å²) in [5.74, 6) is -3.07. The second-order valence-electron chi connectivity index (χ2n) is 8.59. The average Bonchev–Trinajstić information content (AvgIpc) is 2.98. The fraction of sp³-hybridized carbons (Fsp3) is 0.241. The topological polar surface area (TPSA) is 136 Å². The van der Waals surface area contributed by atoms with Gasteiger partial charge in [0.25, 0.3) is 0 Å². The molecule has 0 bridgehead atoms. The Bertz CT molecular complexity index is 1300. The van der Waals surface area contributed by atoms with Crippen molar-refractivity contribution in [2.45, 2.75) is 37.8 Å². The van der Waals surface area contributed by atoms with E-state index >= 15 is 0 Å². The van der Waals surface area contributed by atoms with Crippen LogP contribution in [0, 0.1) is 0 Å². The van der Waals surface area contributed by atoms with Crippen LogP contribution in [0.15, 0.2) is 91.0 Å². The van der Waals surface area contributed by atoms with E-state index in [0.717, 1.165) is 6.92 Å². The Morgan fingerprint density at radius 2 is 1.05 bits per heavy atom. The lowest BCUT2D eigenvalue weighted by Gasteiger charge is -2.43. The lowest BCUT2D eigenvalue weighted by Crippen LogP contribution is -2.66. The highest BCUT2D eigenvalue weighted by molar-refractivity contribution is 5.91. The van der Waals surface area contributed by atoms with E-state index in [-0.39, 0.29) is 16.7 Å². The van der Waals surface area contributed by atoms with Gasteiger partial charge in [0.05, 0.1) is 16.7 Å². The fourth-order valence-corrected chi connectivity index (χ4v) is 3.92. The van der Waals surface area contributed by atoms with Gasteiger partial charge >= 0.3 is 23.9 Å². The van der Waals surface area contributed by atoms with Crippen LogP contribution in [0.3, 0.4) is 0 Å². The molecule has 1 heterocycles. The monoisotopic (exact) mass is 549 g/mol. The zero-order valence-electron chi connectivity index (χ0n) is 21.6. The molecular formula is C29H27NO10. The molecule has 11 heteroatoms. The minimum Gasteiger partial charge on any atom is -0.453 e. The first-order valence-corrected chi connectivity index (χ1v) is 12.3. The number of carbonyl (C=O) groups excluding carboxylic acids is 4. The normalized spacial score (nSPS) is 22.0. The van der Waals surface area contributed by atoms with Gasteiger partial charge in [-0.2, -0.15) is 0 Å². The summed E-state index contributed by atoms with van der Waals surface area (Å²) in [6.45, 7) is 1.14. The summed E-state index contributed by atoms with van der Waals surface area (Å²) in [4.78, 5) is 55.8. The molecule has 1 unspecified atom stereocenters. The predicted octanol–water partition coefficient (Wildman–Crippen LogP) is 3.06. The number of rotatable bonds is 9. The molecule has 3 aromatic rings. The number of ether oxygens (including phenoxy) is 5. The van der Waals surface area contributed by atoms with Crippen LogP contribution in [0.4, 0.5) is 0 Å². The molecule has 0 radical (unpaired) electrons. The molecule has 1 saturated heterocycles. The standard InChI is InChI=1S/C29H27NO10/c1-18(31)40-30-22-23(36-25(32)19-12-6-3-7-13-19)24(37-26(33)20-14-8-4-9-15-20)29(35-2)39-28(22)38-27(34)21-16-10-5-11-17-21/h3-17,22-24,28-30H,1-2H3/t22?,23-,24+,28-,29-/m0/s1. The molecule has 4 rings (SSSR count). The maximum atomic E-state index is 13.2. The Morgan fingerprint density at radius 3 is 1.48 bits per heavy atom. The average molecular weight is 550 g/mol. The number of benzene rings is 3. The van der Waals surface area contributed by atoms with E-state index in [9.17, 15) is 19.2 Å². The van der Waals surface area contributed by atoms with Crippen molar-refractivity contribution in [2.75, 3.05) is 7.11 Å². The Morgan fingerprint density at radius 1 is 0.625 bits per heavy atom. The van der Waals surface area contributed by atoms with Crippen LogP contribution in [-0.4, -0.2) is 61.8 Å². The SMILES string of the molecule is CO[C@H]1O[C@H](OC(=O)c2ccccc2)C(NOC(C)=O)[C@H](OC(=O)c2ccccc2)[C@H]1OC(=O)c1ccccc1. The van der Waals surface area contributed by atoms with Crippen molar-refractivity contribution in [3.8, 4) is 0 Å². The first-order valence-electron chi connectivity index (χ1n) is 12.3.